The third-order valence-electron chi connectivity index (χ3n) is 4.93. The molecule has 0 bridgehead atoms. The number of ether oxygens (including phenoxy) is 1. The number of benzene rings is 2. The average Bonchev–Trinajstić information content (AvgIpc) is 2.58. The Balaban J connectivity index is 1.21. The Labute approximate surface area is 156 Å². The molecule has 1 saturated heterocycles. The van der Waals surface area contributed by atoms with Gasteiger partial charge in [0.15, 0.2) is 0 Å². The molecule has 3 rings (SSSR count). The molecule has 2 nitrogen and oxygen atoms in total. The molecule has 0 atom stereocenters. The highest BCUT2D eigenvalue weighted by molar-refractivity contribution is 6.30. The van der Waals surface area contributed by atoms with Crippen molar-refractivity contribution >= 4 is 11.6 Å². The summed E-state index contributed by atoms with van der Waals surface area (Å²) in [5.74, 6) is 1.77. The van der Waals surface area contributed by atoms with E-state index in [-0.39, 0.29) is 0 Å². The van der Waals surface area contributed by atoms with Crippen LogP contribution in [0, 0.1) is 12.8 Å². The molecule has 1 aliphatic heterocycles. The smallest absolute Gasteiger partial charge is 0.119 e. The summed E-state index contributed by atoms with van der Waals surface area (Å²) in [7, 11) is 0. The van der Waals surface area contributed by atoms with Crippen LogP contribution in [0.1, 0.15) is 30.4 Å². The van der Waals surface area contributed by atoms with Crippen LogP contribution in [0.4, 0.5) is 0 Å². The maximum Gasteiger partial charge on any atom is 0.119 e. The summed E-state index contributed by atoms with van der Waals surface area (Å²) in [6.07, 6.45) is 4.85. The van der Waals surface area contributed by atoms with Crippen LogP contribution in [0.5, 0.6) is 5.75 Å². The van der Waals surface area contributed by atoms with Gasteiger partial charge < -0.3 is 9.64 Å². The first-order valence-corrected chi connectivity index (χ1v) is 9.73. The van der Waals surface area contributed by atoms with E-state index in [9.17, 15) is 0 Å². The molecule has 1 fully saturated rings. The third kappa shape index (κ3) is 6.05. The predicted molar refractivity (Wildman–Crippen MR) is 106 cm³/mol. The van der Waals surface area contributed by atoms with E-state index in [4.69, 9.17) is 16.3 Å². The molecular weight excluding hydrogens is 330 g/mol. The number of hydrogen-bond acceptors (Lipinski definition) is 2. The minimum atomic E-state index is 0.754. The molecule has 0 amide bonds. The van der Waals surface area contributed by atoms with Crippen molar-refractivity contribution in [1.29, 1.82) is 0 Å². The first-order valence-electron chi connectivity index (χ1n) is 9.35. The molecule has 3 heteroatoms. The first-order chi connectivity index (χ1) is 12.2. The SMILES string of the molecule is Cc1ccc(CCCN2CC(CCCOc3ccc(Cl)cc3)C2)cc1. The van der Waals surface area contributed by atoms with Crippen molar-refractivity contribution in [3.63, 3.8) is 0 Å². The summed E-state index contributed by atoms with van der Waals surface area (Å²) in [5, 5.41) is 0.754. The Morgan fingerprint density at radius 1 is 1.00 bits per heavy atom. The van der Waals surface area contributed by atoms with Crippen molar-refractivity contribution in [2.75, 3.05) is 26.2 Å². The fraction of sp³-hybridized carbons (Fsp3) is 0.455. The third-order valence-corrected chi connectivity index (χ3v) is 5.18. The van der Waals surface area contributed by atoms with Crippen molar-refractivity contribution < 1.29 is 4.74 Å². The zero-order valence-corrected chi connectivity index (χ0v) is 15.8. The van der Waals surface area contributed by atoms with Crippen molar-refractivity contribution in [2.45, 2.75) is 32.6 Å². The van der Waals surface area contributed by atoms with Gasteiger partial charge >= 0.3 is 0 Å². The fourth-order valence-corrected chi connectivity index (χ4v) is 3.52. The quantitative estimate of drug-likeness (QED) is 0.559. The summed E-state index contributed by atoms with van der Waals surface area (Å²) >= 11 is 5.87. The summed E-state index contributed by atoms with van der Waals surface area (Å²) in [6, 6.07) is 16.5. The standard InChI is InChI=1S/C22H28ClNO/c1-18-6-8-19(9-7-18)4-2-14-24-16-20(17-24)5-3-15-25-22-12-10-21(23)11-13-22/h6-13,20H,2-5,14-17H2,1H3. The second-order valence-electron chi connectivity index (χ2n) is 7.16. The first kappa shape index (κ1) is 18.3. The number of rotatable bonds is 9. The van der Waals surface area contributed by atoms with Crippen molar-refractivity contribution in [3.8, 4) is 5.75 Å². The molecule has 1 heterocycles. The van der Waals surface area contributed by atoms with Gasteiger partial charge in [-0.2, -0.15) is 0 Å². The van der Waals surface area contributed by atoms with Crippen LogP contribution in [-0.4, -0.2) is 31.1 Å². The molecule has 25 heavy (non-hydrogen) atoms. The summed E-state index contributed by atoms with van der Waals surface area (Å²) < 4.78 is 5.76. The molecule has 0 spiro atoms. The minimum absolute atomic E-state index is 0.754. The van der Waals surface area contributed by atoms with Gasteiger partial charge in [0.05, 0.1) is 6.61 Å². The Kier molecular flexibility index (Phi) is 6.77. The number of likely N-dealkylation sites (tertiary alicyclic amines) is 1. The molecule has 0 aromatic heterocycles. The van der Waals surface area contributed by atoms with Gasteiger partial charge in [0, 0.05) is 18.1 Å². The normalized spacial score (nSPS) is 15.1. The summed E-state index contributed by atoms with van der Waals surface area (Å²) in [6.45, 7) is 6.69. The van der Waals surface area contributed by atoms with Crippen LogP contribution in [0.25, 0.3) is 0 Å². The van der Waals surface area contributed by atoms with Crippen LogP contribution < -0.4 is 4.74 Å². The average molecular weight is 358 g/mol. The summed E-state index contributed by atoms with van der Waals surface area (Å²) in [4.78, 5) is 2.58. The lowest BCUT2D eigenvalue weighted by molar-refractivity contribution is 0.0882. The molecule has 1 aliphatic rings. The van der Waals surface area contributed by atoms with Crippen LogP contribution in [0.2, 0.25) is 5.02 Å². The lowest BCUT2D eigenvalue weighted by atomic mass is 9.94. The van der Waals surface area contributed by atoms with Crippen LogP contribution in [-0.2, 0) is 6.42 Å². The van der Waals surface area contributed by atoms with Crippen molar-refractivity contribution in [2.24, 2.45) is 5.92 Å². The number of nitrogens with zero attached hydrogens (tertiary/aromatic N) is 1. The van der Waals surface area contributed by atoms with Gasteiger partial charge in [-0.3, -0.25) is 0 Å². The van der Waals surface area contributed by atoms with Crippen LogP contribution in [0.15, 0.2) is 48.5 Å². The number of aryl methyl sites for hydroxylation is 2. The zero-order valence-electron chi connectivity index (χ0n) is 15.1. The van der Waals surface area contributed by atoms with E-state index in [0.717, 1.165) is 29.7 Å². The molecule has 0 aliphatic carbocycles. The lowest BCUT2D eigenvalue weighted by Crippen LogP contribution is -2.47. The zero-order chi connectivity index (χ0) is 17.5. The highest BCUT2D eigenvalue weighted by Gasteiger charge is 2.25. The second-order valence-corrected chi connectivity index (χ2v) is 7.60. The van der Waals surface area contributed by atoms with Crippen LogP contribution in [0.3, 0.4) is 0 Å². The molecule has 2 aromatic rings. The Morgan fingerprint density at radius 2 is 1.72 bits per heavy atom. The number of hydrogen-bond donors (Lipinski definition) is 0. The largest absolute Gasteiger partial charge is 0.494 e. The van der Waals surface area contributed by atoms with Crippen molar-refractivity contribution in [3.05, 3.63) is 64.7 Å². The molecule has 0 radical (unpaired) electrons. The van der Waals surface area contributed by atoms with Gasteiger partial charge in [-0.05, 0) is 74.9 Å². The van der Waals surface area contributed by atoms with Gasteiger partial charge in [0.2, 0.25) is 0 Å². The molecule has 0 N–H and O–H groups in total. The van der Waals surface area contributed by atoms with Gasteiger partial charge in [-0.15, -0.1) is 0 Å². The van der Waals surface area contributed by atoms with Gasteiger partial charge in [0.1, 0.15) is 5.75 Å². The monoisotopic (exact) mass is 357 g/mol. The predicted octanol–water partition coefficient (Wildman–Crippen LogP) is 5.37. The van der Waals surface area contributed by atoms with E-state index in [2.05, 4.69) is 36.1 Å². The van der Waals surface area contributed by atoms with Gasteiger partial charge in [0.25, 0.3) is 0 Å². The highest BCUT2D eigenvalue weighted by atomic mass is 35.5. The molecular formula is C22H28ClNO. The van der Waals surface area contributed by atoms with E-state index in [0.29, 0.717) is 0 Å². The molecule has 134 valence electrons. The summed E-state index contributed by atoms with van der Waals surface area (Å²) in [5.41, 5.74) is 2.80. The maximum absolute atomic E-state index is 5.87. The van der Waals surface area contributed by atoms with E-state index in [1.54, 1.807) is 0 Å². The molecule has 0 unspecified atom stereocenters. The topological polar surface area (TPSA) is 12.5 Å². The maximum atomic E-state index is 5.87. The Morgan fingerprint density at radius 3 is 2.44 bits per heavy atom. The highest BCUT2D eigenvalue weighted by Crippen LogP contribution is 2.22. The molecule has 2 aromatic carbocycles. The van der Waals surface area contributed by atoms with Crippen LogP contribution >= 0.6 is 11.6 Å². The number of halogens is 1. The van der Waals surface area contributed by atoms with Gasteiger partial charge in [-0.25, -0.2) is 0 Å². The van der Waals surface area contributed by atoms with Gasteiger partial charge in [-0.1, -0.05) is 41.4 Å². The van der Waals surface area contributed by atoms with E-state index < -0.39 is 0 Å². The minimum Gasteiger partial charge on any atom is -0.494 e. The molecule has 0 saturated carbocycles. The van der Waals surface area contributed by atoms with E-state index >= 15 is 0 Å². The second kappa shape index (κ2) is 9.26. The van der Waals surface area contributed by atoms with E-state index in [1.807, 2.05) is 24.3 Å². The van der Waals surface area contributed by atoms with Crippen molar-refractivity contribution in [1.82, 2.24) is 4.90 Å². The Bertz CT molecular complexity index is 632. The van der Waals surface area contributed by atoms with E-state index in [1.165, 1.54) is 50.0 Å². The lowest BCUT2D eigenvalue weighted by Gasteiger charge is -2.39. The fourth-order valence-electron chi connectivity index (χ4n) is 3.40. The Hall–Kier alpha value is -1.51.